The zero-order valence-electron chi connectivity index (χ0n) is 11.5. The highest BCUT2D eigenvalue weighted by Gasteiger charge is 2.23. The number of morpholine rings is 1. The largest absolute Gasteiger partial charge is 0.373 e. The Hall–Kier alpha value is -1.50. The minimum absolute atomic E-state index is 0.0389. The lowest BCUT2D eigenvalue weighted by Gasteiger charge is -2.32. The number of thiazole rings is 1. The number of nitrogens with zero attached hydrogens (tertiary/aromatic N) is 3. The molecule has 106 valence electrons. The van der Waals surface area contributed by atoms with Crippen LogP contribution in [0, 0.1) is 0 Å². The molecule has 20 heavy (non-hydrogen) atoms. The van der Waals surface area contributed by atoms with Crippen molar-refractivity contribution in [1.29, 1.82) is 0 Å². The summed E-state index contributed by atoms with van der Waals surface area (Å²) >= 11 is 1.70. The van der Waals surface area contributed by atoms with Crippen molar-refractivity contribution >= 4 is 17.2 Å². The second kappa shape index (κ2) is 6.30. The van der Waals surface area contributed by atoms with Gasteiger partial charge in [0.25, 0.3) is 0 Å². The van der Waals surface area contributed by atoms with Crippen molar-refractivity contribution < 1.29 is 4.74 Å². The molecule has 0 aromatic carbocycles. The average Bonchev–Trinajstić information content (AvgIpc) is 3.00. The number of rotatable bonds is 4. The van der Waals surface area contributed by atoms with Crippen molar-refractivity contribution in [2.24, 2.45) is 0 Å². The highest BCUT2D eigenvalue weighted by atomic mass is 32.1. The summed E-state index contributed by atoms with van der Waals surface area (Å²) in [7, 11) is 1.88. The molecule has 0 bridgehead atoms. The fourth-order valence-corrected chi connectivity index (χ4v) is 2.98. The predicted molar refractivity (Wildman–Crippen MR) is 79.9 cm³/mol. The Morgan fingerprint density at radius 1 is 1.50 bits per heavy atom. The summed E-state index contributed by atoms with van der Waals surface area (Å²) in [5.41, 5.74) is 0.987. The number of aromatic nitrogens is 2. The molecule has 3 rings (SSSR count). The van der Waals surface area contributed by atoms with Gasteiger partial charge < -0.3 is 10.1 Å². The normalized spacial score (nSPS) is 19.9. The Morgan fingerprint density at radius 2 is 2.45 bits per heavy atom. The van der Waals surface area contributed by atoms with E-state index in [1.165, 1.54) is 0 Å². The summed E-state index contributed by atoms with van der Waals surface area (Å²) in [4.78, 5) is 11.3. The highest BCUT2D eigenvalue weighted by molar-refractivity contribution is 7.09. The van der Waals surface area contributed by atoms with Crippen LogP contribution in [-0.2, 0) is 11.3 Å². The predicted octanol–water partition coefficient (Wildman–Crippen LogP) is 2.15. The van der Waals surface area contributed by atoms with Crippen LogP contribution in [0.4, 0.5) is 5.82 Å². The second-order valence-corrected chi connectivity index (χ2v) is 5.70. The zero-order valence-corrected chi connectivity index (χ0v) is 12.3. The molecular weight excluding hydrogens is 272 g/mol. The molecule has 1 N–H and O–H groups in total. The van der Waals surface area contributed by atoms with Crippen LogP contribution >= 0.6 is 11.3 Å². The first-order chi connectivity index (χ1) is 9.85. The van der Waals surface area contributed by atoms with Gasteiger partial charge in [0.15, 0.2) is 0 Å². The van der Waals surface area contributed by atoms with Crippen LogP contribution in [0.5, 0.6) is 0 Å². The maximum atomic E-state index is 5.86. The van der Waals surface area contributed by atoms with Gasteiger partial charge in [-0.15, -0.1) is 11.3 Å². The third-order valence-electron chi connectivity index (χ3n) is 3.35. The first kappa shape index (κ1) is 13.5. The molecule has 1 saturated heterocycles. The molecule has 1 aliphatic rings. The van der Waals surface area contributed by atoms with E-state index in [4.69, 9.17) is 4.74 Å². The molecule has 2 aromatic heterocycles. The fraction of sp³-hybridized carbons (Fsp3) is 0.429. The number of hydrogen-bond acceptors (Lipinski definition) is 6. The van der Waals surface area contributed by atoms with E-state index in [0.717, 1.165) is 42.8 Å². The maximum Gasteiger partial charge on any atom is 0.126 e. The Labute approximate surface area is 122 Å². The zero-order chi connectivity index (χ0) is 13.8. The monoisotopic (exact) mass is 290 g/mol. The molecular formula is C14H18N4OS. The van der Waals surface area contributed by atoms with Crippen LogP contribution in [0.1, 0.15) is 16.8 Å². The summed E-state index contributed by atoms with van der Waals surface area (Å²) in [6.07, 6.45) is 1.90. The molecule has 6 heteroatoms. The smallest absolute Gasteiger partial charge is 0.126 e. The first-order valence-corrected chi connectivity index (χ1v) is 7.60. The molecule has 3 heterocycles. The molecule has 1 atom stereocenters. The lowest BCUT2D eigenvalue weighted by Crippen LogP contribution is -2.38. The minimum Gasteiger partial charge on any atom is -0.373 e. The maximum absolute atomic E-state index is 5.86. The van der Waals surface area contributed by atoms with E-state index in [1.807, 2.05) is 36.8 Å². The van der Waals surface area contributed by atoms with E-state index >= 15 is 0 Å². The van der Waals surface area contributed by atoms with Gasteiger partial charge in [0.1, 0.15) is 16.9 Å². The van der Waals surface area contributed by atoms with Gasteiger partial charge in [0.2, 0.25) is 0 Å². The van der Waals surface area contributed by atoms with Gasteiger partial charge in [-0.2, -0.15) is 0 Å². The second-order valence-electron chi connectivity index (χ2n) is 4.72. The molecule has 0 aliphatic carbocycles. The number of pyridine rings is 1. The third-order valence-corrected chi connectivity index (χ3v) is 4.11. The van der Waals surface area contributed by atoms with E-state index in [2.05, 4.69) is 20.2 Å². The SMILES string of the molecule is CNc1cccc([C@H]2CN(Cc3nccs3)CCO2)n1. The number of hydrogen-bond donors (Lipinski definition) is 1. The first-order valence-electron chi connectivity index (χ1n) is 6.72. The van der Waals surface area contributed by atoms with Gasteiger partial charge in [0, 0.05) is 31.7 Å². The van der Waals surface area contributed by atoms with Gasteiger partial charge in [0.05, 0.1) is 18.8 Å². The van der Waals surface area contributed by atoms with Gasteiger partial charge >= 0.3 is 0 Å². The Kier molecular flexibility index (Phi) is 4.25. The molecule has 0 saturated carbocycles. The lowest BCUT2D eigenvalue weighted by atomic mass is 10.2. The van der Waals surface area contributed by atoms with Crippen molar-refractivity contribution in [1.82, 2.24) is 14.9 Å². The van der Waals surface area contributed by atoms with Crippen molar-refractivity contribution in [2.45, 2.75) is 12.6 Å². The van der Waals surface area contributed by atoms with Crippen LogP contribution in [0.25, 0.3) is 0 Å². The van der Waals surface area contributed by atoms with Crippen LogP contribution in [0.3, 0.4) is 0 Å². The van der Waals surface area contributed by atoms with Crippen LogP contribution < -0.4 is 5.32 Å². The molecule has 0 radical (unpaired) electrons. The van der Waals surface area contributed by atoms with Crippen molar-refractivity contribution in [2.75, 3.05) is 32.1 Å². The molecule has 5 nitrogen and oxygen atoms in total. The van der Waals surface area contributed by atoms with E-state index in [0.29, 0.717) is 0 Å². The molecule has 2 aromatic rings. The van der Waals surface area contributed by atoms with Crippen molar-refractivity contribution in [3.05, 3.63) is 40.5 Å². The Morgan fingerprint density at radius 3 is 3.25 bits per heavy atom. The number of ether oxygens (including phenoxy) is 1. The molecule has 0 amide bonds. The van der Waals surface area contributed by atoms with Gasteiger partial charge in [-0.05, 0) is 12.1 Å². The van der Waals surface area contributed by atoms with Crippen LogP contribution in [0.15, 0.2) is 29.8 Å². The minimum atomic E-state index is 0.0389. The molecule has 1 fully saturated rings. The highest BCUT2D eigenvalue weighted by Crippen LogP contribution is 2.23. The van der Waals surface area contributed by atoms with E-state index in [-0.39, 0.29) is 6.10 Å². The fourth-order valence-electron chi connectivity index (χ4n) is 2.32. The van der Waals surface area contributed by atoms with E-state index in [1.54, 1.807) is 11.3 Å². The van der Waals surface area contributed by atoms with Crippen LogP contribution in [0.2, 0.25) is 0 Å². The molecule has 0 spiro atoms. The number of anilines is 1. The number of nitrogens with one attached hydrogen (secondary N) is 1. The quantitative estimate of drug-likeness (QED) is 0.935. The standard InChI is InChI=1S/C14H18N4OS/c1-15-13-4-2-3-11(17-13)12-9-18(6-7-19-12)10-14-16-5-8-20-14/h2-5,8,12H,6-7,9-10H2,1H3,(H,15,17)/t12-/m1/s1. The topological polar surface area (TPSA) is 50.3 Å². The summed E-state index contributed by atoms with van der Waals surface area (Å²) in [6, 6.07) is 6.00. The average molecular weight is 290 g/mol. The summed E-state index contributed by atoms with van der Waals surface area (Å²) < 4.78 is 5.86. The summed E-state index contributed by atoms with van der Waals surface area (Å²) in [5.74, 6) is 0.878. The Bertz CT molecular complexity index is 546. The van der Waals surface area contributed by atoms with Crippen molar-refractivity contribution in [3.8, 4) is 0 Å². The van der Waals surface area contributed by atoms with Crippen molar-refractivity contribution in [3.63, 3.8) is 0 Å². The molecule has 0 unspecified atom stereocenters. The van der Waals surface area contributed by atoms with Gasteiger partial charge in [-0.3, -0.25) is 4.90 Å². The Balaban J connectivity index is 1.68. The summed E-state index contributed by atoms with van der Waals surface area (Å²) in [5, 5.41) is 6.24. The van der Waals surface area contributed by atoms with Gasteiger partial charge in [-0.1, -0.05) is 6.07 Å². The van der Waals surface area contributed by atoms with Gasteiger partial charge in [-0.25, -0.2) is 9.97 Å². The van der Waals surface area contributed by atoms with E-state index < -0.39 is 0 Å². The lowest BCUT2D eigenvalue weighted by molar-refractivity contribution is -0.0349. The molecule has 1 aliphatic heterocycles. The van der Waals surface area contributed by atoms with Crippen LogP contribution in [-0.4, -0.2) is 41.6 Å². The van der Waals surface area contributed by atoms with E-state index in [9.17, 15) is 0 Å². The summed E-state index contributed by atoms with van der Waals surface area (Å²) in [6.45, 7) is 3.44. The third kappa shape index (κ3) is 3.15.